The molecule has 0 unspecified atom stereocenters. The zero-order valence-corrected chi connectivity index (χ0v) is 6.29. The Hall–Kier alpha value is -1.36. The minimum Gasteiger partial charge on any atom is -0.386 e. The predicted octanol–water partition coefficient (Wildman–Crippen LogP) is -1.48. The normalized spacial score (nSPS) is 8.73. The molecule has 0 radical (unpaired) electrons. The Balaban J connectivity index is 3.29. The van der Waals surface area contributed by atoms with Gasteiger partial charge in [0.25, 0.3) is 0 Å². The monoisotopic (exact) mass is 158 g/mol. The van der Waals surface area contributed by atoms with Crippen molar-refractivity contribution in [3.05, 3.63) is 23.8 Å². The van der Waals surface area contributed by atoms with Gasteiger partial charge < -0.3 is 27.7 Å². The molecule has 0 bridgehead atoms. The highest BCUT2D eigenvalue weighted by molar-refractivity contribution is 4.91. The Morgan fingerprint density at radius 3 is 1.55 bits per heavy atom. The second kappa shape index (κ2) is 5.43. The van der Waals surface area contributed by atoms with Gasteiger partial charge in [-0.2, -0.15) is 0 Å². The molecule has 0 rings (SSSR count). The van der Waals surface area contributed by atoms with Crippen LogP contribution in [0.4, 0.5) is 0 Å². The van der Waals surface area contributed by atoms with Crippen LogP contribution in [-0.4, -0.2) is 13.2 Å². The van der Waals surface area contributed by atoms with Crippen molar-refractivity contribution in [3.63, 3.8) is 0 Å². The van der Waals surface area contributed by atoms with Crippen LogP contribution >= 0.6 is 0 Å². The summed E-state index contributed by atoms with van der Waals surface area (Å²) >= 11 is 0. The largest absolute Gasteiger partial charge is 0.386 e. The van der Waals surface area contributed by atoms with E-state index in [-0.39, 0.29) is 11.6 Å². The summed E-state index contributed by atoms with van der Waals surface area (Å²) in [5.74, 6) is 0.490. The van der Waals surface area contributed by atoms with Gasteiger partial charge in [0.15, 0.2) is 0 Å². The van der Waals surface area contributed by atoms with Crippen molar-refractivity contribution in [2.45, 2.75) is 0 Å². The fourth-order valence-electron chi connectivity index (χ4n) is 0.378. The third kappa shape index (κ3) is 8.64. The molecule has 0 amide bonds. The fourth-order valence-corrected chi connectivity index (χ4v) is 0.378. The van der Waals surface area contributed by atoms with E-state index in [1.807, 2.05) is 0 Å². The van der Waals surface area contributed by atoms with Crippen LogP contribution in [0.15, 0.2) is 23.8 Å². The average Bonchev–Trinajstić information content (AvgIpc) is 1.85. The highest BCUT2D eigenvalue weighted by atomic mass is 16.5. The molecule has 0 aromatic carbocycles. The summed E-state index contributed by atoms with van der Waals surface area (Å²) < 4.78 is 4.98. The van der Waals surface area contributed by atoms with Gasteiger partial charge in [0, 0.05) is 0 Å². The van der Waals surface area contributed by atoms with Crippen molar-refractivity contribution in [1.82, 2.24) is 0 Å². The molecule has 64 valence electrons. The topological polar surface area (TPSA) is 113 Å². The van der Waals surface area contributed by atoms with Crippen molar-refractivity contribution in [3.8, 4) is 0 Å². The van der Waals surface area contributed by atoms with E-state index in [0.717, 1.165) is 0 Å². The molecule has 11 heavy (non-hydrogen) atoms. The number of hydrogen-bond acceptors (Lipinski definition) is 5. The zero-order valence-electron chi connectivity index (χ0n) is 6.29. The van der Waals surface area contributed by atoms with E-state index in [1.54, 1.807) is 12.2 Å². The first-order chi connectivity index (χ1) is 5.13. The number of ether oxygens (including phenoxy) is 1. The summed E-state index contributed by atoms with van der Waals surface area (Å²) in [4.78, 5) is 0. The highest BCUT2D eigenvalue weighted by Crippen LogP contribution is 1.80. The molecule has 5 heteroatoms. The molecule has 0 heterocycles. The Morgan fingerprint density at radius 2 is 1.27 bits per heavy atom. The Morgan fingerprint density at radius 1 is 0.909 bits per heavy atom. The van der Waals surface area contributed by atoms with Gasteiger partial charge in [-0.25, -0.2) is 0 Å². The Kier molecular flexibility index (Phi) is 4.76. The number of nitrogens with two attached hydrogens (primary N) is 4. The van der Waals surface area contributed by atoms with Gasteiger partial charge in [-0.3, -0.25) is 0 Å². The van der Waals surface area contributed by atoms with E-state index >= 15 is 0 Å². The summed E-state index contributed by atoms with van der Waals surface area (Å²) in [5, 5.41) is 0. The lowest BCUT2D eigenvalue weighted by molar-refractivity contribution is 0.192. The molecule has 0 saturated heterocycles. The summed E-state index contributed by atoms with van der Waals surface area (Å²) in [7, 11) is 0. The van der Waals surface area contributed by atoms with Crippen molar-refractivity contribution in [2.75, 3.05) is 13.2 Å². The van der Waals surface area contributed by atoms with Crippen LogP contribution in [0, 0.1) is 0 Å². The lowest BCUT2D eigenvalue weighted by Crippen LogP contribution is -2.11. The zero-order chi connectivity index (χ0) is 8.69. The number of rotatable bonds is 4. The Bertz CT molecular complexity index is 138. The van der Waals surface area contributed by atoms with Gasteiger partial charge in [0.05, 0.1) is 24.9 Å². The molecule has 0 aliphatic heterocycles. The molecule has 0 saturated carbocycles. The van der Waals surface area contributed by atoms with Crippen LogP contribution in [0.5, 0.6) is 0 Å². The molecule has 0 fully saturated rings. The van der Waals surface area contributed by atoms with Crippen LogP contribution in [-0.2, 0) is 4.74 Å². The molecule has 0 aromatic heterocycles. The molecule has 0 aromatic rings. The van der Waals surface area contributed by atoms with Crippen LogP contribution < -0.4 is 22.9 Å². The van der Waals surface area contributed by atoms with Gasteiger partial charge in [0.1, 0.15) is 0 Å². The van der Waals surface area contributed by atoms with Crippen LogP contribution in [0.3, 0.4) is 0 Å². The lowest BCUT2D eigenvalue weighted by Gasteiger charge is -1.96. The third-order valence-corrected chi connectivity index (χ3v) is 0.874. The van der Waals surface area contributed by atoms with E-state index in [4.69, 9.17) is 27.7 Å². The maximum absolute atomic E-state index is 5.13. The highest BCUT2D eigenvalue weighted by Gasteiger charge is 1.82. The van der Waals surface area contributed by atoms with Crippen LogP contribution in [0.1, 0.15) is 0 Å². The molecule has 0 aliphatic carbocycles. The van der Waals surface area contributed by atoms with E-state index in [2.05, 4.69) is 0 Å². The minimum atomic E-state index is 0.245. The lowest BCUT2D eigenvalue weighted by atomic mass is 10.5. The maximum Gasteiger partial charge on any atom is 0.0915 e. The van der Waals surface area contributed by atoms with Gasteiger partial charge in [-0.15, -0.1) is 0 Å². The molecular formula is C6H14N4O. The SMILES string of the molecule is NC(N)=CCOCC=C(N)N. The summed E-state index contributed by atoms with van der Waals surface area (Å²) in [6.45, 7) is 0.734. The van der Waals surface area contributed by atoms with Crippen molar-refractivity contribution < 1.29 is 4.74 Å². The number of hydrogen-bond donors (Lipinski definition) is 4. The maximum atomic E-state index is 5.13. The average molecular weight is 158 g/mol. The molecule has 0 aliphatic rings. The van der Waals surface area contributed by atoms with Crippen molar-refractivity contribution >= 4 is 0 Å². The molecule has 0 spiro atoms. The quantitative estimate of drug-likeness (QED) is 0.373. The molecule has 5 nitrogen and oxygen atoms in total. The molecule has 0 atom stereocenters. The molecule has 8 N–H and O–H groups in total. The van der Waals surface area contributed by atoms with Gasteiger partial charge in [-0.1, -0.05) is 0 Å². The molecular weight excluding hydrogens is 144 g/mol. The Labute approximate surface area is 65.7 Å². The van der Waals surface area contributed by atoms with E-state index in [0.29, 0.717) is 13.2 Å². The van der Waals surface area contributed by atoms with Crippen LogP contribution in [0.25, 0.3) is 0 Å². The van der Waals surface area contributed by atoms with Gasteiger partial charge in [-0.05, 0) is 12.2 Å². The van der Waals surface area contributed by atoms with Crippen LogP contribution in [0.2, 0.25) is 0 Å². The first-order valence-corrected chi connectivity index (χ1v) is 3.13. The smallest absolute Gasteiger partial charge is 0.0915 e. The standard InChI is InChI=1S/C6H14N4O/c7-5(8)1-3-11-4-2-6(9)10/h1-2H,3-4,7-10H2. The summed E-state index contributed by atoms with van der Waals surface area (Å²) in [6, 6.07) is 0. The fraction of sp³-hybridized carbons (Fsp3) is 0.333. The summed E-state index contributed by atoms with van der Waals surface area (Å²) in [6.07, 6.45) is 3.11. The second-order valence-electron chi connectivity index (χ2n) is 1.95. The van der Waals surface area contributed by atoms with E-state index in [1.165, 1.54) is 0 Å². The summed E-state index contributed by atoms with van der Waals surface area (Å²) in [5.41, 5.74) is 20.5. The van der Waals surface area contributed by atoms with Gasteiger partial charge >= 0.3 is 0 Å². The first-order valence-electron chi connectivity index (χ1n) is 3.13. The second-order valence-corrected chi connectivity index (χ2v) is 1.95. The third-order valence-electron chi connectivity index (χ3n) is 0.874. The van der Waals surface area contributed by atoms with E-state index < -0.39 is 0 Å². The van der Waals surface area contributed by atoms with E-state index in [9.17, 15) is 0 Å². The minimum absolute atomic E-state index is 0.245. The van der Waals surface area contributed by atoms with Crippen molar-refractivity contribution in [1.29, 1.82) is 0 Å². The first kappa shape index (κ1) is 9.64. The van der Waals surface area contributed by atoms with Crippen molar-refractivity contribution in [2.24, 2.45) is 22.9 Å². The van der Waals surface area contributed by atoms with Gasteiger partial charge in [0.2, 0.25) is 0 Å². The predicted molar refractivity (Wildman–Crippen MR) is 43.7 cm³/mol.